The lowest BCUT2D eigenvalue weighted by molar-refractivity contribution is -0.139. The van der Waals surface area contributed by atoms with Gasteiger partial charge in [0.25, 0.3) is 0 Å². The number of carboxylic acids is 1. The molecule has 0 radical (unpaired) electrons. The topological polar surface area (TPSA) is 110 Å². The Morgan fingerprint density at radius 3 is 2.52 bits per heavy atom. The second kappa shape index (κ2) is 7.01. The van der Waals surface area contributed by atoms with Gasteiger partial charge in [0.15, 0.2) is 0 Å². The second-order valence-electron chi connectivity index (χ2n) is 4.78. The number of hydrogen-bond donors (Lipinski definition) is 2. The highest BCUT2D eigenvalue weighted by molar-refractivity contribution is 7.89. The Balaban J connectivity index is 2.97. The highest BCUT2D eigenvalue weighted by atomic mass is 32.2. The number of sulfonamides is 1. The van der Waals surface area contributed by atoms with Gasteiger partial charge in [-0.15, -0.1) is 11.3 Å². The molecule has 1 aromatic rings. The molecule has 118 valence electrons. The molecule has 2 N–H and O–H groups in total. The van der Waals surface area contributed by atoms with E-state index in [2.05, 4.69) is 9.46 Å². The summed E-state index contributed by atoms with van der Waals surface area (Å²) in [6.45, 7) is 3.59. The third kappa shape index (κ3) is 4.80. The average molecular weight is 335 g/mol. The van der Waals surface area contributed by atoms with Gasteiger partial charge in [0.2, 0.25) is 10.0 Å². The highest BCUT2D eigenvalue weighted by Crippen LogP contribution is 2.20. The van der Waals surface area contributed by atoms with Crippen molar-refractivity contribution in [2.75, 3.05) is 7.11 Å². The van der Waals surface area contributed by atoms with Gasteiger partial charge in [-0.05, 0) is 18.4 Å². The summed E-state index contributed by atoms with van der Waals surface area (Å²) in [5, 5.41) is 10.3. The van der Waals surface area contributed by atoms with E-state index in [1.54, 1.807) is 13.8 Å². The summed E-state index contributed by atoms with van der Waals surface area (Å²) >= 11 is 0.917. The van der Waals surface area contributed by atoms with E-state index >= 15 is 0 Å². The van der Waals surface area contributed by atoms with Gasteiger partial charge in [-0.1, -0.05) is 13.8 Å². The number of esters is 1. The van der Waals surface area contributed by atoms with Crippen molar-refractivity contribution < 1.29 is 27.9 Å². The first kappa shape index (κ1) is 17.6. The molecule has 0 spiro atoms. The van der Waals surface area contributed by atoms with Gasteiger partial charge in [-0.2, -0.15) is 4.72 Å². The number of nitrogens with one attached hydrogen (secondary N) is 1. The van der Waals surface area contributed by atoms with Gasteiger partial charge in [-0.25, -0.2) is 13.2 Å². The molecule has 0 saturated carbocycles. The Morgan fingerprint density at radius 2 is 2.05 bits per heavy atom. The fourth-order valence-corrected chi connectivity index (χ4v) is 3.99. The third-order valence-electron chi connectivity index (χ3n) is 2.57. The molecule has 0 fully saturated rings. The standard InChI is InChI=1S/C12H17NO6S2/c1-7(2)4-9(11(14)15)13-21(17,18)8-5-10(20-6-8)12(16)19-3/h5-7,9,13H,4H2,1-3H3,(H,14,15). The largest absolute Gasteiger partial charge is 0.480 e. The number of thiophene rings is 1. The quantitative estimate of drug-likeness (QED) is 0.727. The Morgan fingerprint density at radius 1 is 1.43 bits per heavy atom. The second-order valence-corrected chi connectivity index (χ2v) is 7.41. The summed E-state index contributed by atoms with van der Waals surface area (Å²) in [6.07, 6.45) is 0.169. The maximum absolute atomic E-state index is 12.1. The minimum absolute atomic E-state index is 0.0157. The minimum Gasteiger partial charge on any atom is -0.480 e. The van der Waals surface area contributed by atoms with Crippen molar-refractivity contribution in [2.45, 2.75) is 31.2 Å². The molecule has 0 aliphatic rings. The number of methoxy groups -OCH3 is 1. The number of carbonyl (C=O) groups excluding carboxylic acids is 1. The van der Waals surface area contributed by atoms with Crippen molar-refractivity contribution in [2.24, 2.45) is 5.92 Å². The molecule has 0 saturated heterocycles. The molecule has 0 aliphatic heterocycles. The van der Waals surface area contributed by atoms with E-state index < -0.39 is 28.0 Å². The van der Waals surface area contributed by atoms with Crippen LogP contribution in [0.2, 0.25) is 0 Å². The highest BCUT2D eigenvalue weighted by Gasteiger charge is 2.27. The van der Waals surface area contributed by atoms with Crippen LogP contribution < -0.4 is 4.72 Å². The van der Waals surface area contributed by atoms with Crippen molar-refractivity contribution in [3.63, 3.8) is 0 Å². The van der Waals surface area contributed by atoms with Gasteiger partial charge < -0.3 is 9.84 Å². The lowest BCUT2D eigenvalue weighted by Gasteiger charge is -2.15. The first-order valence-corrected chi connectivity index (χ1v) is 8.45. The molecule has 0 aromatic carbocycles. The summed E-state index contributed by atoms with van der Waals surface area (Å²) < 4.78 is 30.9. The Bertz CT molecular complexity index is 619. The van der Waals surface area contributed by atoms with Gasteiger partial charge in [-0.3, -0.25) is 4.79 Å². The molecule has 1 unspecified atom stereocenters. The number of carbonyl (C=O) groups is 2. The maximum Gasteiger partial charge on any atom is 0.348 e. The molecule has 7 nitrogen and oxygen atoms in total. The first-order valence-electron chi connectivity index (χ1n) is 6.09. The zero-order valence-corrected chi connectivity index (χ0v) is 13.5. The minimum atomic E-state index is -4.00. The van der Waals surface area contributed by atoms with E-state index in [0.29, 0.717) is 0 Å². The van der Waals surface area contributed by atoms with E-state index in [1.165, 1.54) is 12.5 Å². The smallest absolute Gasteiger partial charge is 0.348 e. The zero-order chi connectivity index (χ0) is 16.2. The first-order chi connectivity index (χ1) is 9.67. The molecule has 0 aliphatic carbocycles. The summed E-state index contributed by atoms with van der Waals surface area (Å²) in [7, 11) is -2.81. The molecule has 0 bridgehead atoms. The predicted molar refractivity (Wildman–Crippen MR) is 76.9 cm³/mol. The molecule has 0 amide bonds. The van der Waals surface area contributed by atoms with E-state index in [4.69, 9.17) is 5.11 Å². The van der Waals surface area contributed by atoms with Crippen LogP contribution in [0.4, 0.5) is 0 Å². The van der Waals surface area contributed by atoms with Gasteiger partial charge in [0, 0.05) is 5.38 Å². The van der Waals surface area contributed by atoms with Crippen LogP contribution in [-0.4, -0.2) is 38.6 Å². The summed E-state index contributed by atoms with van der Waals surface area (Å²) in [5.41, 5.74) is 0. The molecule has 1 heterocycles. The van der Waals surface area contributed by atoms with Crippen molar-refractivity contribution >= 4 is 33.3 Å². The summed E-state index contributed by atoms with van der Waals surface area (Å²) in [5.74, 6) is -1.86. The van der Waals surface area contributed by atoms with E-state index in [0.717, 1.165) is 17.4 Å². The van der Waals surface area contributed by atoms with Crippen LogP contribution in [0.5, 0.6) is 0 Å². The molecule has 1 rings (SSSR count). The van der Waals surface area contributed by atoms with E-state index in [-0.39, 0.29) is 22.1 Å². The van der Waals surface area contributed by atoms with Crippen LogP contribution in [-0.2, 0) is 19.6 Å². The van der Waals surface area contributed by atoms with Gasteiger partial charge in [0.1, 0.15) is 10.9 Å². The average Bonchev–Trinajstić information content (AvgIpc) is 2.86. The predicted octanol–water partition coefficient (Wildman–Crippen LogP) is 1.31. The van der Waals surface area contributed by atoms with E-state index in [1.807, 2.05) is 0 Å². The SMILES string of the molecule is COC(=O)c1cc(S(=O)(=O)NC(CC(C)C)C(=O)O)cs1. The number of carboxylic acid groups (broad SMARTS) is 1. The Kier molecular flexibility index (Phi) is 5.87. The van der Waals surface area contributed by atoms with Crippen LogP contribution in [0, 0.1) is 5.92 Å². The zero-order valence-electron chi connectivity index (χ0n) is 11.8. The van der Waals surface area contributed by atoms with Crippen molar-refractivity contribution in [3.8, 4) is 0 Å². The van der Waals surface area contributed by atoms with Gasteiger partial charge >= 0.3 is 11.9 Å². The number of hydrogen-bond acceptors (Lipinski definition) is 6. The van der Waals surface area contributed by atoms with E-state index in [9.17, 15) is 18.0 Å². The summed E-state index contributed by atoms with van der Waals surface area (Å²) in [6, 6.07) is -0.0518. The number of rotatable bonds is 7. The molecule has 21 heavy (non-hydrogen) atoms. The monoisotopic (exact) mass is 335 g/mol. The Hall–Kier alpha value is -1.45. The lowest BCUT2D eigenvalue weighted by Crippen LogP contribution is -2.41. The fraction of sp³-hybridized carbons (Fsp3) is 0.500. The molecular formula is C12H17NO6S2. The van der Waals surface area contributed by atoms with Crippen LogP contribution in [0.3, 0.4) is 0 Å². The normalized spacial score (nSPS) is 13.1. The number of ether oxygens (including phenoxy) is 1. The number of aliphatic carboxylic acids is 1. The molecule has 9 heteroatoms. The lowest BCUT2D eigenvalue weighted by atomic mass is 10.1. The van der Waals surface area contributed by atoms with Crippen LogP contribution in [0.25, 0.3) is 0 Å². The Labute approximate surface area is 127 Å². The summed E-state index contributed by atoms with van der Waals surface area (Å²) in [4.78, 5) is 22.4. The van der Waals surface area contributed by atoms with Crippen molar-refractivity contribution in [1.82, 2.24) is 4.72 Å². The molecule has 1 atom stereocenters. The molecular weight excluding hydrogens is 318 g/mol. The third-order valence-corrected chi connectivity index (χ3v) is 5.09. The fourth-order valence-electron chi connectivity index (χ4n) is 1.59. The van der Waals surface area contributed by atoms with Crippen molar-refractivity contribution in [3.05, 3.63) is 16.3 Å². The van der Waals surface area contributed by atoms with Crippen molar-refractivity contribution in [1.29, 1.82) is 0 Å². The van der Waals surface area contributed by atoms with Crippen LogP contribution in [0.15, 0.2) is 16.3 Å². The van der Waals surface area contributed by atoms with Gasteiger partial charge in [0.05, 0.1) is 12.0 Å². The molecule has 1 aromatic heterocycles. The van der Waals surface area contributed by atoms with Crippen LogP contribution >= 0.6 is 11.3 Å². The van der Waals surface area contributed by atoms with Crippen LogP contribution in [0.1, 0.15) is 29.9 Å². The maximum atomic E-state index is 12.1.